The lowest BCUT2D eigenvalue weighted by molar-refractivity contribution is -0.282. The van der Waals surface area contributed by atoms with Crippen molar-refractivity contribution in [1.29, 1.82) is 0 Å². The zero-order valence-electron chi connectivity index (χ0n) is 41.0. The third-order valence-electron chi connectivity index (χ3n) is 10.3. The number of methoxy groups -OCH3 is 1. The number of carbonyl (C=O) groups excluding carboxylic acids is 5. The molecular weight excluding hydrogens is 929 g/mol. The molecule has 382 valence electrons. The Kier molecular flexibility index (Phi) is 26.0. The van der Waals surface area contributed by atoms with E-state index in [4.69, 9.17) is 47.8 Å². The van der Waals surface area contributed by atoms with E-state index in [1.165, 1.54) is 38.5 Å². The quantitative estimate of drug-likeness (QED) is 0.00775. The molecule has 0 radical (unpaired) electrons. The van der Waals surface area contributed by atoms with Crippen LogP contribution in [0.1, 0.15) is 99.1 Å². The molecule has 0 amide bonds. The lowest BCUT2D eigenvalue weighted by atomic mass is 10.1. The van der Waals surface area contributed by atoms with Gasteiger partial charge in [0.1, 0.15) is 36.7 Å². The van der Waals surface area contributed by atoms with Crippen molar-refractivity contribution in [3.63, 3.8) is 0 Å². The summed E-state index contributed by atoms with van der Waals surface area (Å²) in [5.41, 5.74) is 3.66. The molecule has 5 aromatic carbocycles. The Balaban J connectivity index is 0.000000427. The molecule has 5 rings (SSSR count). The molecule has 5 aromatic rings. The van der Waals surface area contributed by atoms with Crippen molar-refractivity contribution in [2.75, 3.05) is 40.6 Å². The Morgan fingerprint density at radius 2 is 0.972 bits per heavy atom. The first kappa shape index (κ1) is 56.8. The minimum atomic E-state index is -0.575. The van der Waals surface area contributed by atoms with Crippen LogP contribution in [0.5, 0.6) is 34.5 Å². The van der Waals surface area contributed by atoms with Crippen LogP contribution >= 0.6 is 0 Å². The molecule has 0 bridgehead atoms. The molecule has 72 heavy (non-hydrogen) atoms. The van der Waals surface area contributed by atoms with Crippen LogP contribution in [-0.2, 0) is 46.9 Å². The van der Waals surface area contributed by atoms with E-state index in [9.17, 15) is 24.0 Å². The Hall–Kier alpha value is -7.79. The normalized spacial score (nSPS) is 10.4. The van der Waals surface area contributed by atoms with E-state index in [0.717, 1.165) is 79.9 Å². The van der Waals surface area contributed by atoms with Crippen molar-refractivity contribution in [3.05, 3.63) is 168 Å². The number of carbonyl (C=O) groups is 5. The Labute approximate surface area is 420 Å². The van der Waals surface area contributed by atoms with Crippen molar-refractivity contribution >= 4 is 30.2 Å². The summed E-state index contributed by atoms with van der Waals surface area (Å²) in [4.78, 5) is 78.5. The van der Waals surface area contributed by atoms with Crippen LogP contribution in [0.4, 0.5) is 0 Å². The first-order valence-corrected chi connectivity index (χ1v) is 23.3. The first-order valence-electron chi connectivity index (χ1n) is 23.3. The molecule has 0 aromatic heterocycles. The molecule has 0 heterocycles. The second kappa shape index (κ2) is 32.9. The van der Waals surface area contributed by atoms with Gasteiger partial charge in [0, 0.05) is 23.8 Å². The first-order chi connectivity index (χ1) is 35.0. The summed E-state index contributed by atoms with van der Waals surface area (Å²) in [6.45, 7) is 11.0. The molecule has 0 saturated heterocycles. The molecule has 16 nitrogen and oxygen atoms in total. The molecule has 0 unspecified atom stereocenters. The second-order valence-electron chi connectivity index (χ2n) is 15.6. The molecule has 0 aliphatic heterocycles. The molecule has 16 heteroatoms. The summed E-state index contributed by atoms with van der Waals surface area (Å²) >= 11 is 0. The monoisotopic (exact) mass is 990 g/mol. The van der Waals surface area contributed by atoms with Crippen LogP contribution in [0.15, 0.2) is 135 Å². The van der Waals surface area contributed by atoms with Gasteiger partial charge in [-0.2, -0.15) is 4.89 Å². The predicted octanol–water partition coefficient (Wildman–Crippen LogP) is 10.9. The maximum atomic E-state index is 12.8. The molecule has 0 spiro atoms. The van der Waals surface area contributed by atoms with E-state index >= 15 is 0 Å². The van der Waals surface area contributed by atoms with Gasteiger partial charge >= 0.3 is 23.9 Å². The van der Waals surface area contributed by atoms with Crippen LogP contribution < -0.4 is 28.6 Å². The summed E-state index contributed by atoms with van der Waals surface area (Å²) in [6, 6.07) is 30.4. The van der Waals surface area contributed by atoms with Crippen molar-refractivity contribution < 1.29 is 76.7 Å². The number of hydrogen-bond donors (Lipinski definition) is 0. The number of unbranched alkanes of at least 4 members (excludes halogenated alkanes) is 6. The van der Waals surface area contributed by atoms with E-state index in [2.05, 4.69) is 18.0 Å². The highest BCUT2D eigenvalue weighted by atomic mass is 17.2. The van der Waals surface area contributed by atoms with Gasteiger partial charge in [-0.15, -0.1) is 0 Å². The summed E-state index contributed by atoms with van der Waals surface area (Å²) in [6.07, 6.45) is 10.4. The molecule has 0 aliphatic rings. The van der Waals surface area contributed by atoms with Gasteiger partial charge in [-0.3, -0.25) is 4.79 Å². The average molecular weight is 991 g/mol. The maximum absolute atomic E-state index is 12.8. The topological polar surface area (TPSA) is 187 Å². The standard InChI is InChI=1S/C39H38O11.C17H24O5/c1-4-37(41)46-22-8-6-5-7-21-45-32-17-14-30(15-18-32)39(43)49-35-20-19-34(24-36(35)44-3)50-47-26-28-10-12-29(13-11-28)38(42)48-33-16-9-27(2)31(23-33)25-40;1-3-17(18)21-13-7-5-4-6-12-20-16-10-8-15(9-11-16)14-22-19-2/h4,9-20,23-25H,1,5-8,21-22,26H2,2-3H3;3,8-11H,1,4-7,12-14H2,2H3. The van der Waals surface area contributed by atoms with Gasteiger partial charge in [0.15, 0.2) is 17.2 Å². The molecular formula is C56H62O16. The van der Waals surface area contributed by atoms with Gasteiger partial charge in [0.25, 0.3) is 0 Å². The van der Waals surface area contributed by atoms with E-state index in [-0.39, 0.29) is 29.8 Å². The molecule has 0 atom stereocenters. The molecule has 0 aliphatic carbocycles. The second-order valence-corrected chi connectivity index (χ2v) is 15.6. The number of rotatable bonds is 31. The van der Waals surface area contributed by atoms with Gasteiger partial charge in [0.2, 0.25) is 0 Å². The fourth-order valence-electron chi connectivity index (χ4n) is 6.28. The zero-order valence-corrected chi connectivity index (χ0v) is 41.0. The molecule has 0 saturated carbocycles. The zero-order chi connectivity index (χ0) is 51.8. The highest BCUT2D eigenvalue weighted by molar-refractivity contribution is 5.92. The highest BCUT2D eigenvalue weighted by Gasteiger charge is 2.15. The average Bonchev–Trinajstić information content (AvgIpc) is 3.41. The summed E-state index contributed by atoms with van der Waals surface area (Å²) in [7, 11) is 2.93. The van der Waals surface area contributed by atoms with Gasteiger partial charge < -0.3 is 38.0 Å². The molecule has 0 N–H and O–H groups in total. The predicted molar refractivity (Wildman–Crippen MR) is 266 cm³/mol. The number of esters is 4. The SMILES string of the molecule is C=CC(=O)OCCCCCCOc1ccc(C(=O)Oc2ccc(OOCc3ccc(C(=O)Oc4ccc(C)c(C=O)c4)cc3)cc2OC)cc1.C=CC(=O)OCCCCCCOc1ccc(COOC)cc1. The number of benzene rings is 5. The van der Waals surface area contributed by atoms with E-state index in [1.807, 2.05) is 24.3 Å². The van der Waals surface area contributed by atoms with Crippen LogP contribution in [0.3, 0.4) is 0 Å². The fraction of sp³-hybridized carbons (Fsp3) is 0.304. The highest BCUT2D eigenvalue weighted by Crippen LogP contribution is 2.32. The number of hydrogen-bond acceptors (Lipinski definition) is 16. The minimum Gasteiger partial charge on any atom is -0.494 e. The minimum absolute atomic E-state index is 0.0732. The van der Waals surface area contributed by atoms with E-state index in [1.54, 1.807) is 73.7 Å². The van der Waals surface area contributed by atoms with Gasteiger partial charge in [-0.1, -0.05) is 43.5 Å². The van der Waals surface area contributed by atoms with Crippen molar-refractivity contribution in [1.82, 2.24) is 0 Å². The van der Waals surface area contributed by atoms with Crippen molar-refractivity contribution in [2.24, 2.45) is 0 Å². The Bertz CT molecular complexity index is 2470. The van der Waals surface area contributed by atoms with Gasteiger partial charge in [-0.25, -0.2) is 29.0 Å². The van der Waals surface area contributed by atoms with Crippen molar-refractivity contribution in [2.45, 2.75) is 71.5 Å². The van der Waals surface area contributed by atoms with Crippen molar-refractivity contribution in [3.8, 4) is 34.5 Å². The van der Waals surface area contributed by atoms with Crippen LogP contribution in [0.2, 0.25) is 0 Å². The maximum Gasteiger partial charge on any atom is 0.343 e. The van der Waals surface area contributed by atoms with Crippen LogP contribution in [0.25, 0.3) is 0 Å². The number of ether oxygens (including phenoxy) is 7. The summed E-state index contributed by atoms with van der Waals surface area (Å²) in [5, 5.41) is 0. The summed E-state index contributed by atoms with van der Waals surface area (Å²) in [5.74, 6) is 0.620. The van der Waals surface area contributed by atoms with Crippen LogP contribution in [0, 0.1) is 6.92 Å². The third-order valence-corrected chi connectivity index (χ3v) is 10.3. The lowest BCUT2D eigenvalue weighted by Gasteiger charge is -2.12. The van der Waals surface area contributed by atoms with E-state index < -0.39 is 17.9 Å². The smallest absolute Gasteiger partial charge is 0.343 e. The third kappa shape index (κ3) is 21.5. The van der Waals surface area contributed by atoms with Gasteiger partial charge in [-0.05, 0) is 148 Å². The van der Waals surface area contributed by atoms with E-state index in [0.29, 0.717) is 67.5 Å². The van der Waals surface area contributed by atoms with Crippen LogP contribution in [-0.4, -0.2) is 70.8 Å². The summed E-state index contributed by atoms with van der Waals surface area (Å²) < 4.78 is 37.6. The number of aldehydes is 1. The lowest BCUT2D eigenvalue weighted by Crippen LogP contribution is -2.09. The number of aryl methyl sites for hydroxylation is 1. The molecule has 0 fully saturated rings. The Morgan fingerprint density at radius 1 is 0.500 bits per heavy atom. The fourth-order valence-corrected chi connectivity index (χ4v) is 6.28. The van der Waals surface area contributed by atoms with Gasteiger partial charge in [0.05, 0.1) is 51.8 Å². The largest absolute Gasteiger partial charge is 0.494 e. The Morgan fingerprint density at radius 3 is 1.50 bits per heavy atom.